The van der Waals surface area contributed by atoms with E-state index in [0.29, 0.717) is 5.82 Å². The van der Waals surface area contributed by atoms with E-state index in [2.05, 4.69) is 15.5 Å². The molecule has 132 valence electrons. The SMILES string of the molecule is CN(C)c1cc(NN)nc2cc(-c3cnn(C4CCCCO4)c3)oc12. The zero-order chi connectivity index (χ0) is 17.4. The Balaban J connectivity index is 1.72. The van der Waals surface area contributed by atoms with Crippen LogP contribution in [0.2, 0.25) is 0 Å². The average molecular weight is 342 g/mol. The first-order valence-electron chi connectivity index (χ1n) is 8.40. The second-order valence-corrected chi connectivity index (χ2v) is 6.42. The van der Waals surface area contributed by atoms with Crippen molar-refractivity contribution < 1.29 is 9.15 Å². The van der Waals surface area contributed by atoms with Gasteiger partial charge in [-0.3, -0.25) is 0 Å². The maximum Gasteiger partial charge on any atom is 0.176 e. The molecule has 4 heterocycles. The monoisotopic (exact) mass is 342 g/mol. The van der Waals surface area contributed by atoms with Crippen LogP contribution in [0.1, 0.15) is 25.5 Å². The van der Waals surface area contributed by atoms with Gasteiger partial charge in [0, 0.05) is 39.0 Å². The molecule has 3 aromatic rings. The molecule has 1 aliphatic heterocycles. The van der Waals surface area contributed by atoms with Gasteiger partial charge in [0.1, 0.15) is 23.3 Å². The molecule has 0 aliphatic carbocycles. The van der Waals surface area contributed by atoms with Gasteiger partial charge in [-0.1, -0.05) is 0 Å². The van der Waals surface area contributed by atoms with Crippen LogP contribution >= 0.6 is 0 Å². The van der Waals surface area contributed by atoms with Crippen LogP contribution in [0, 0.1) is 0 Å². The lowest BCUT2D eigenvalue weighted by Gasteiger charge is -2.22. The van der Waals surface area contributed by atoms with Gasteiger partial charge in [0.05, 0.1) is 17.4 Å². The van der Waals surface area contributed by atoms with E-state index in [4.69, 9.17) is 15.0 Å². The van der Waals surface area contributed by atoms with Gasteiger partial charge in [-0.2, -0.15) is 5.10 Å². The normalized spacial score (nSPS) is 17.8. The number of nitrogens with zero attached hydrogens (tertiary/aromatic N) is 4. The summed E-state index contributed by atoms with van der Waals surface area (Å²) in [5.41, 5.74) is 5.88. The van der Waals surface area contributed by atoms with Crippen LogP contribution in [0.5, 0.6) is 0 Å². The Labute approximate surface area is 145 Å². The fourth-order valence-corrected chi connectivity index (χ4v) is 3.11. The third-order valence-electron chi connectivity index (χ3n) is 4.43. The third-order valence-corrected chi connectivity index (χ3v) is 4.43. The maximum absolute atomic E-state index is 6.08. The van der Waals surface area contributed by atoms with Gasteiger partial charge >= 0.3 is 0 Å². The van der Waals surface area contributed by atoms with E-state index in [1.54, 1.807) is 6.20 Å². The molecular weight excluding hydrogens is 320 g/mol. The molecule has 0 bridgehead atoms. The highest BCUT2D eigenvalue weighted by Gasteiger charge is 2.19. The maximum atomic E-state index is 6.08. The molecule has 8 heteroatoms. The van der Waals surface area contributed by atoms with Crippen LogP contribution in [-0.4, -0.2) is 35.5 Å². The van der Waals surface area contributed by atoms with Crippen molar-refractivity contribution in [1.82, 2.24) is 14.8 Å². The number of anilines is 2. The quantitative estimate of drug-likeness (QED) is 0.556. The van der Waals surface area contributed by atoms with Gasteiger partial charge in [0.15, 0.2) is 5.58 Å². The number of fused-ring (bicyclic) bond motifs is 1. The molecule has 4 rings (SSSR count). The Bertz CT molecular complexity index is 879. The van der Waals surface area contributed by atoms with E-state index in [1.165, 1.54) is 0 Å². The summed E-state index contributed by atoms with van der Waals surface area (Å²) < 4.78 is 13.7. The van der Waals surface area contributed by atoms with Gasteiger partial charge in [-0.05, 0) is 19.3 Å². The summed E-state index contributed by atoms with van der Waals surface area (Å²) in [6, 6.07) is 3.77. The summed E-state index contributed by atoms with van der Waals surface area (Å²) in [7, 11) is 3.91. The third kappa shape index (κ3) is 2.94. The van der Waals surface area contributed by atoms with Gasteiger partial charge in [0.25, 0.3) is 0 Å². The number of nitrogens with one attached hydrogen (secondary N) is 1. The topological polar surface area (TPSA) is 94.4 Å². The molecule has 3 N–H and O–H groups in total. The number of ether oxygens (including phenoxy) is 1. The Morgan fingerprint density at radius 1 is 1.32 bits per heavy atom. The Kier molecular flexibility index (Phi) is 4.06. The van der Waals surface area contributed by atoms with Crippen molar-refractivity contribution in [3.05, 3.63) is 24.5 Å². The summed E-state index contributed by atoms with van der Waals surface area (Å²) in [6.45, 7) is 0.787. The zero-order valence-corrected chi connectivity index (χ0v) is 14.4. The molecule has 1 aliphatic rings. The smallest absolute Gasteiger partial charge is 0.176 e. The van der Waals surface area contributed by atoms with Crippen molar-refractivity contribution in [1.29, 1.82) is 0 Å². The van der Waals surface area contributed by atoms with Gasteiger partial charge < -0.3 is 19.5 Å². The fourth-order valence-electron chi connectivity index (χ4n) is 3.11. The number of aromatic nitrogens is 3. The van der Waals surface area contributed by atoms with Crippen molar-refractivity contribution >= 4 is 22.6 Å². The van der Waals surface area contributed by atoms with Crippen LogP contribution in [0.25, 0.3) is 22.4 Å². The van der Waals surface area contributed by atoms with Crippen molar-refractivity contribution in [3.63, 3.8) is 0 Å². The molecule has 0 saturated carbocycles. The predicted octanol–water partition coefficient (Wildman–Crippen LogP) is 2.74. The highest BCUT2D eigenvalue weighted by Crippen LogP contribution is 2.34. The first-order valence-corrected chi connectivity index (χ1v) is 8.40. The average Bonchev–Trinajstić information content (AvgIpc) is 3.28. The number of furan rings is 1. The van der Waals surface area contributed by atoms with Crippen LogP contribution in [0.3, 0.4) is 0 Å². The van der Waals surface area contributed by atoms with Gasteiger partial charge in [0.2, 0.25) is 0 Å². The lowest BCUT2D eigenvalue weighted by Crippen LogP contribution is -2.18. The standard InChI is InChI=1S/C17H22N6O2/c1-22(2)13-8-15(21-18)20-12-7-14(25-17(12)13)11-9-19-23(10-11)16-5-3-4-6-24-16/h7-10,16H,3-6,18H2,1-2H3,(H,20,21). The van der Waals surface area contributed by atoms with Crippen LogP contribution in [0.4, 0.5) is 11.5 Å². The van der Waals surface area contributed by atoms with Crippen molar-refractivity contribution in [2.24, 2.45) is 5.84 Å². The lowest BCUT2D eigenvalue weighted by atomic mass is 10.2. The van der Waals surface area contributed by atoms with E-state index in [9.17, 15) is 0 Å². The molecule has 0 radical (unpaired) electrons. The second-order valence-electron chi connectivity index (χ2n) is 6.42. The van der Waals surface area contributed by atoms with Crippen molar-refractivity contribution in [3.8, 4) is 11.3 Å². The second kappa shape index (κ2) is 6.38. The molecule has 1 saturated heterocycles. The van der Waals surface area contributed by atoms with Crippen LogP contribution < -0.4 is 16.2 Å². The highest BCUT2D eigenvalue weighted by molar-refractivity contribution is 5.91. The van der Waals surface area contributed by atoms with Crippen LogP contribution in [-0.2, 0) is 4.74 Å². The Morgan fingerprint density at radius 2 is 2.20 bits per heavy atom. The molecule has 3 aromatic heterocycles. The summed E-state index contributed by atoms with van der Waals surface area (Å²) >= 11 is 0. The molecule has 1 fully saturated rings. The minimum absolute atomic E-state index is 0.00961. The van der Waals surface area contributed by atoms with Crippen LogP contribution in [0.15, 0.2) is 28.9 Å². The zero-order valence-electron chi connectivity index (χ0n) is 14.4. The molecule has 1 atom stereocenters. The van der Waals surface area contributed by atoms with E-state index in [1.807, 2.05) is 42.0 Å². The summed E-state index contributed by atoms with van der Waals surface area (Å²) in [5.74, 6) is 6.84. The van der Waals surface area contributed by atoms with Crippen molar-refractivity contribution in [2.45, 2.75) is 25.5 Å². The van der Waals surface area contributed by atoms with E-state index in [0.717, 1.165) is 54.0 Å². The first-order chi connectivity index (χ1) is 12.2. The molecule has 1 unspecified atom stereocenters. The summed E-state index contributed by atoms with van der Waals surface area (Å²) in [5, 5.41) is 4.45. The van der Waals surface area contributed by atoms with E-state index in [-0.39, 0.29) is 6.23 Å². The number of hydrogen-bond acceptors (Lipinski definition) is 7. The molecule has 0 aromatic carbocycles. The summed E-state index contributed by atoms with van der Waals surface area (Å²) in [4.78, 5) is 6.44. The van der Waals surface area contributed by atoms with Gasteiger partial charge in [-0.15, -0.1) is 0 Å². The molecular formula is C17H22N6O2. The minimum atomic E-state index is 0.00961. The highest BCUT2D eigenvalue weighted by atomic mass is 16.5. The number of nitrogens with two attached hydrogens (primary N) is 1. The Morgan fingerprint density at radius 3 is 2.92 bits per heavy atom. The number of hydrazine groups is 1. The predicted molar refractivity (Wildman–Crippen MR) is 96.2 cm³/mol. The summed E-state index contributed by atoms with van der Waals surface area (Å²) in [6.07, 6.45) is 7.03. The van der Waals surface area contributed by atoms with Gasteiger partial charge in [-0.25, -0.2) is 15.5 Å². The number of nitrogen functional groups attached to an aromatic ring is 1. The fraction of sp³-hybridized carbons (Fsp3) is 0.412. The van der Waals surface area contributed by atoms with Crippen molar-refractivity contribution in [2.75, 3.05) is 31.0 Å². The number of hydrogen-bond donors (Lipinski definition) is 2. The molecule has 0 amide bonds. The number of rotatable bonds is 4. The Hall–Kier alpha value is -2.58. The first kappa shape index (κ1) is 15.9. The molecule has 25 heavy (non-hydrogen) atoms. The minimum Gasteiger partial charge on any atom is -0.452 e. The van der Waals surface area contributed by atoms with E-state index < -0.39 is 0 Å². The molecule has 8 nitrogen and oxygen atoms in total. The lowest BCUT2D eigenvalue weighted by molar-refractivity contribution is -0.0394. The largest absolute Gasteiger partial charge is 0.452 e. The molecule has 0 spiro atoms. The number of pyridine rings is 1. The van der Waals surface area contributed by atoms with E-state index >= 15 is 0 Å².